The number of aromatic nitrogens is 1. The lowest BCUT2D eigenvalue weighted by Gasteiger charge is -2.32. The smallest absolute Gasteiger partial charge is 0.230 e. The van der Waals surface area contributed by atoms with Gasteiger partial charge in [0.2, 0.25) is 5.91 Å². The average molecular weight is 626 g/mol. The van der Waals surface area contributed by atoms with Crippen molar-refractivity contribution in [2.45, 2.75) is 13.0 Å². The van der Waals surface area contributed by atoms with E-state index in [0.717, 1.165) is 58.9 Å². The highest BCUT2D eigenvalue weighted by Crippen LogP contribution is 2.40. The molecule has 2 aromatic heterocycles. The number of halogens is 1. The predicted molar refractivity (Wildman–Crippen MR) is 179 cm³/mol. The maximum Gasteiger partial charge on any atom is 0.230 e. The Labute approximate surface area is 265 Å². The zero-order valence-electron chi connectivity index (χ0n) is 24.3. The largest absolute Gasteiger partial charge is 0.453 e. The van der Waals surface area contributed by atoms with Crippen LogP contribution in [0.4, 0.5) is 10.1 Å². The maximum atomic E-state index is 15.1. The lowest BCUT2D eigenvalue weighted by atomic mass is 10.1. The van der Waals surface area contributed by atoms with Gasteiger partial charge >= 0.3 is 0 Å². The number of thiophene rings is 1. The van der Waals surface area contributed by atoms with E-state index in [1.54, 1.807) is 23.5 Å². The van der Waals surface area contributed by atoms with Crippen LogP contribution in [0.25, 0.3) is 20.7 Å². The Kier molecular flexibility index (Phi) is 9.23. The number of anilines is 1. The monoisotopic (exact) mass is 625 g/mol. The molecule has 1 fully saturated rings. The number of pyridine rings is 1. The summed E-state index contributed by atoms with van der Waals surface area (Å²) in [6.45, 7) is 5.22. The summed E-state index contributed by atoms with van der Waals surface area (Å²) >= 11 is 6.81. The second-order valence-electron chi connectivity index (χ2n) is 10.8. The Bertz CT molecular complexity index is 1770. The normalized spacial score (nSPS) is 14.0. The van der Waals surface area contributed by atoms with E-state index in [1.807, 2.05) is 54.7 Å². The van der Waals surface area contributed by atoms with Crippen molar-refractivity contribution in [2.75, 3.05) is 38.5 Å². The van der Waals surface area contributed by atoms with Crippen LogP contribution < -0.4 is 15.4 Å². The van der Waals surface area contributed by atoms with Crippen molar-refractivity contribution in [3.8, 4) is 22.1 Å². The molecule has 7 nitrogen and oxygen atoms in total. The molecule has 0 aliphatic carbocycles. The minimum absolute atomic E-state index is 0.0865. The van der Waals surface area contributed by atoms with E-state index >= 15 is 4.39 Å². The molecule has 3 aromatic carbocycles. The van der Waals surface area contributed by atoms with Crippen LogP contribution in [0.5, 0.6) is 11.5 Å². The van der Waals surface area contributed by atoms with Gasteiger partial charge in [0.05, 0.1) is 21.7 Å². The standard InChI is InChI=1S/C34H32FN5O2S2/c1-39-14-16-40(17-15-39)22-24-10-12-28(36-21-24)31-19-25-8-5-9-30(33(25)44-31)42-29-13-11-26(20-27(29)35)37-34(43)38-32(41)18-23-6-3-2-4-7-23/h2-13,19-21H,14-18,22H2,1H3,(H2,37,38,41,43). The number of carbonyl (C=O) groups is 1. The number of thiocarbonyl (C=S) groups is 1. The number of hydrogen-bond acceptors (Lipinski definition) is 7. The summed E-state index contributed by atoms with van der Waals surface area (Å²) < 4.78 is 22.1. The summed E-state index contributed by atoms with van der Waals surface area (Å²) in [5.41, 5.74) is 3.37. The van der Waals surface area contributed by atoms with E-state index in [0.29, 0.717) is 11.4 Å². The molecule has 6 rings (SSSR count). The number of piperazine rings is 1. The van der Waals surface area contributed by atoms with E-state index in [9.17, 15) is 4.79 Å². The molecule has 0 spiro atoms. The number of benzene rings is 3. The quantitative estimate of drug-likeness (QED) is 0.186. The first-order valence-electron chi connectivity index (χ1n) is 14.4. The second-order valence-corrected chi connectivity index (χ2v) is 12.3. The van der Waals surface area contributed by atoms with E-state index in [2.05, 4.69) is 45.7 Å². The van der Waals surface area contributed by atoms with Gasteiger partial charge in [-0.2, -0.15) is 0 Å². The molecule has 0 radical (unpaired) electrons. The van der Waals surface area contributed by atoms with Gasteiger partial charge in [-0.1, -0.05) is 48.5 Å². The summed E-state index contributed by atoms with van der Waals surface area (Å²) in [7, 11) is 2.16. The molecule has 44 heavy (non-hydrogen) atoms. The van der Waals surface area contributed by atoms with E-state index < -0.39 is 5.82 Å². The van der Waals surface area contributed by atoms with Crippen LogP contribution in [0.3, 0.4) is 0 Å². The highest BCUT2D eigenvalue weighted by molar-refractivity contribution is 7.80. The first kappa shape index (κ1) is 29.8. The summed E-state index contributed by atoms with van der Waals surface area (Å²) in [5.74, 6) is -0.161. The summed E-state index contributed by atoms with van der Waals surface area (Å²) in [4.78, 5) is 22.9. The summed E-state index contributed by atoms with van der Waals surface area (Å²) in [6.07, 6.45) is 2.15. The number of amides is 1. The van der Waals surface area contributed by atoms with Gasteiger partial charge in [-0.3, -0.25) is 14.7 Å². The SMILES string of the molecule is CN1CCN(Cc2ccc(-c3cc4cccc(Oc5ccc(NC(=S)NC(=O)Cc6ccccc6)cc5F)c4s3)nc2)CC1. The highest BCUT2D eigenvalue weighted by atomic mass is 32.1. The van der Waals surface area contributed by atoms with Crippen molar-refractivity contribution in [3.63, 3.8) is 0 Å². The molecule has 1 aliphatic heterocycles. The van der Waals surface area contributed by atoms with Gasteiger partial charge in [0, 0.05) is 50.7 Å². The summed E-state index contributed by atoms with van der Waals surface area (Å²) in [6, 6.07) is 25.9. The Morgan fingerprint density at radius 2 is 1.77 bits per heavy atom. The molecule has 1 amide bonds. The molecule has 0 saturated carbocycles. The molecule has 10 heteroatoms. The molecule has 0 unspecified atom stereocenters. The second kappa shape index (κ2) is 13.6. The van der Waals surface area contributed by atoms with Crippen molar-refractivity contribution in [1.82, 2.24) is 20.1 Å². The van der Waals surface area contributed by atoms with Gasteiger partial charge in [-0.15, -0.1) is 11.3 Å². The number of nitrogens with one attached hydrogen (secondary N) is 2. The van der Waals surface area contributed by atoms with Crippen LogP contribution in [0.15, 0.2) is 91.1 Å². The molecule has 1 aliphatic rings. The van der Waals surface area contributed by atoms with Gasteiger partial charge in [-0.25, -0.2) is 4.39 Å². The van der Waals surface area contributed by atoms with Crippen LogP contribution in [0.2, 0.25) is 0 Å². The third kappa shape index (κ3) is 7.46. The lowest BCUT2D eigenvalue weighted by molar-refractivity contribution is -0.119. The van der Waals surface area contributed by atoms with Crippen LogP contribution in [-0.2, 0) is 17.8 Å². The zero-order valence-corrected chi connectivity index (χ0v) is 25.9. The fourth-order valence-electron chi connectivity index (χ4n) is 5.07. The van der Waals surface area contributed by atoms with Crippen molar-refractivity contribution < 1.29 is 13.9 Å². The van der Waals surface area contributed by atoms with Gasteiger partial charge < -0.3 is 20.3 Å². The minimum atomic E-state index is -0.556. The Morgan fingerprint density at radius 1 is 0.955 bits per heavy atom. The molecule has 224 valence electrons. The third-order valence-electron chi connectivity index (χ3n) is 7.46. The topological polar surface area (TPSA) is 69.7 Å². The highest BCUT2D eigenvalue weighted by Gasteiger charge is 2.16. The summed E-state index contributed by atoms with van der Waals surface area (Å²) in [5, 5.41) is 6.59. The molecule has 2 N–H and O–H groups in total. The van der Waals surface area contributed by atoms with Crippen molar-refractivity contribution in [1.29, 1.82) is 0 Å². The Morgan fingerprint density at radius 3 is 2.52 bits per heavy atom. The van der Waals surface area contributed by atoms with Gasteiger partial charge in [0.25, 0.3) is 0 Å². The minimum Gasteiger partial charge on any atom is -0.453 e. The van der Waals surface area contributed by atoms with Crippen molar-refractivity contribution in [3.05, 3.63) is 108 Å². The number of carbonyl (C=O) groups excluding carboxylic acids is 1. The number of hydrogen-bond donors (Lipinski definition) is 2. The van der Waals surface area contributed by atoms with Crippen LogP contribution in [0.1, 0.15) is 11.1 Å². The molecular weight excluding hydrogens is 594 g/mol. The van der Waals surface area contributed by atoms with Crippen LogP contribution in [-0.4, -0.2) is 59.0 Å². The van der Waals surface area contributed by atoms with Crippen molar-refractivity contribution >= 4 is 50.3 Å². The molecule has 0 atom stereocenters. The molecule has 3 heterocycles. The Hall–Kier alpha value is -4.22. The number of ether oxygens (including phenoxy) is 1. The van der Waals surface area contributed by atoms with E-state index in [-0.39, 0.29) is 23.2 Å². The predicted octanol–water partition coefficient (Wildman–Crippen LogP) is 6.70. The van der Waals surface area contributed by atoms with E-state index in [1.165, 1.54) is 11.6 Å². The molecule has 0 bridgehead atoms. The van der Waals surface area contributed by atoms with Gasteiger partial charge in [0.1, 0.15) is 5.75 Å². The fraction of sp³-hybridized carbons (Fsp3) is 0.206. The number of likely N-dealkylation sites (N-methyl/N-ethyl adjacent to an activating group) is 1. The zero-order chi connectivity index (χ0) is 30.5. The van der Waals surface area contributed by atoms with E-state index in [4.69, 9.17) is 21.9 Å². The molecular formula is C34H32FN5O2S2. The van der Waals surface area contributed by atoms with Gasteiger partial charge in [0.15, 0.2) is 16.7 Å². The average Bonchev–Trinajstić information content (AvgIpc) is 3.46. The van der Waals surface area contributed by atoms with Gasteiger partial charge in [-0.05, 0) is 66.1 Å². The first-order chi connectivity index (χ1) is 21.4. The lowest BCUT2D eigenvalue weighted by Crippen LogP contribution is -2.43. The first-order valence-corrected chi connectivity index (χ1v) is 15.6. The maximum absolute atomic E-state index is 15.1. The van der Waals surface area contributed by atoms with Crippen LogP contribution >= 0.6 is 23.6 Å². The molecule has 1 saturated heterocycles. The number of rotatable bonds is 8. The fourth-order valence-corrected chi connectivity index (χ4v) is 6.38. The molecule has 5 aromatic rings. The number of nitrogens with zero attached hydrogens (tertiary/aromatic N) is 3. The Balaban J connectivity index is 1.09. The van der Waals surface area contributed by atoms with Crippen molar-refractivity contribution in [2.24, 2.45) is 0 Å². The number of fused-ring (bicyclic) bond motifs is 1. The third-order valence-corrected chi connectivity index (χ3v) is 8.85. The van der Waals surface area contributed by atoms with Crippen LogP contribution in [0, 0.1) is 5.82 Å².